The fourth-order valence-electron chi connectivity index (χ4n) is 3.05. The van der Waals surface area contributed by atoms with Gasteiger partial charge < -0.3 is 9.57 Å². The smallest absolute Gasteiger partial charge is 0.159 e. The molecule has 1 fully saturated rings. The van der Waals surface area contributed by atoms with Crippen molar-refractivity contribution < 1.29 is 9.57 Å². The molecule has 0 amide bonds. The molecule has 3 nitrogen and oxygen atoms in total. The molecule has 0 bridgehead atoms. The van der Waals surface area contributed by atoms with Crippen molar-refractivity contribution in [2.24, 2.45) is 11.1 Å². The molecule has 134 valence electrons. The summed E-state index contributed by atoms with van der Waals surface area (Å²) < 4.78 is 5.17. The molecule has 1 aliphatic carbocycles. The third-order valence-electron chi connectivity index (χ3n) is 4.59. The van der Waals surface area contributed by atoms with Gasteiger partial charge in [-0.05, 0) is 36.5 Å². The molecule has 26 heavy (non-hydrogen) atoms. The predicted octanol–water partition coefficient (Wildman–Crippen LogP) is 5.20. The van der Waals surface area contributed by atoms with Crippen LogP contribution in [0.5, 0.6) is 5.75 Å². The Hall–Kier alpha value is -2.73. The summed E-state index contributed by atoms with van der Waals surface area (Å²) in [5, 5.41) is 4.33. The quantitative estimate of drug-likeness (QED) is 0.423. The fourth-order valence-corrected chi connectivity index (χ4v) is 3.05. The van der Waals surface area contributed by atoms with Crippen LogP contribution in [-0.2, 0) is 11.4 Å². The maximum atomic E-state index is 5.59. The maximum absolute atomic E-state index is 5.59. The van der Waals surface area contributed by atoms with Gasteiger partial charge in [0.05, 0.1) is 7.11 Å². The van der Waals surface area contributed by atoms with Crippen LogP contribution in [0.2, 0.25) is 0 Å². The summed E-state index contributed by atoms with van der Waals surface area (Å²) in [4.78, 5) is 5.59. The van der Waals surface area contributed by atoms with Crippen LogP contribution in [0.25, 0.3) is 0 Å². The Morgan fingerprint density at radius 3 is 2.42 bits per heavy atom. The standard InChI is InChI=1S/C23H25NO2/c1-25-22-15-12-20(13-16-22)18-26-24-23(21-10-6-3-7-11-21)17-14-19-8-4-2-5-9-19/h3,6-7,10-13,15-16,19H,2,4-5,8-9,18H2,1H3/b24-23+. The number of oxime groups is 1. The molecule has 1 aliphatic rings. The van der Waals surface area contributed by atoms with Crippen LogP contribution in [0, 0.1) is 17.8 Å². The zero-order chi connectivity index (χ0) is 18.0. The number of benzene rings is 2. The van der Waals surface area contributed by atoms with Crippen LogP contribution in [0.1, 0.15) is 43.2 Å². The SMILES string of the molecule is COc1ccc(CO/N=C(\C#CC2CCCCC2)c2ccccc2)cc1. The number of nitrogens with zero attached hydrogens (tertiary/aromatic N) is 1. The van der Waals surface area contributed by atoms with Gasteiger partial charge >= 0.3 is 0 Å². The van der Waals surface area contributed by atoms with E-state index in [1.807, 2.05) is 54.6 Å². The molecule has 0 atom stereocenters. The average molecular weight is 347 g/mol. The molecule has 0 saturated heterocycles. The summed E-state index contributed by atoms with van der Waals surface area (Å²) in [5.74, 6) is 7.99. The maximum Gasteiger partial charge on any atom is 0.159 e. The number of ether oxygens (including phenoxy) is 1. The van der Waals surface area contributed by atoms with Gasteiger partial charge in [-0.25, -0.2) is 0 Å². The summed E-state index contributed by atoms with van der Waals surface area (Å²) in [5.41, 5.74) is 2.73. The molecule has 0 radical (unpaired) electrons. The largest absolute Gasteiger partial charge is 0.497 e. The molecule has 0 aliphatic heterocycles. The first-order chi connectivity index (χ1) is 12.8. The Balaban J connectivity index is 1.70. The van der Waals surface area contributed by atoms with Crippen molar-refractivity contribution >= 4 is 5.71 Å². The summed E-state index contributed by atoms with van der Waals surface area (Å²) in [7, 11) is 1.66. The van der Waals surface area contributed by atoms with Gasteiger partial charge in [0, 0.05) is 11.5 Å². The number of methoxy groups -OCH3 is 1. The molecule has 2 aromatic rings. The van der Waals surface area contributed by atoms with Crippen LogP contribution in [0.15, 0.2) is 59.8 Å². The van der Waals surface area contributed by atoms with Crippen molar-refractivity contribution in [3.63, 3.8) is 0 Å². The molecule has 0 heterocycles. The first-order valence-corrected chi connectivity index (χ1v) is 9.25. The van der Waals surface area contributed by atoms with Gasteiger partial charge in [0.15, 0.2) is 5.71 Å². The third kappa shape index (κ3) is 5.39. The average Bonchev–Trinajstić information content (AvgIpc) is 2.72. The fraction of sp³-hybridized carbons (Fsp3) is 0.348. The van der Waals surface area contributed by atoms with Crippen molar-refractivity contribution in [2.45, 2.75) is 38.7 Å². The van der Waals surface area contributed by atoms with Gasteiger partial charge in [-0.2, -0.15) is 0 Å². The minimum absolute atomic E-state index is 0.408. The summed E-state index contributed by atoms with van der Waals surface area (Å²) in [6.45, 7) is 0.408. The van der Waals surface area contributed by atoms with Crippen LogP contribution in [0.3, 0.4) is 0 Å². The molecule has 3 heteroatoms. The first kappa shape index (κ1) is 18.1. The minimum atomic E-state index is 0.408. The highest BCUT2D eigenvalue weighted by Crippen LogP contribution is 2.22. The summed E-state index contributed by atoms with van der Waals surface area (Å²) >= 11 is 0. The first-order valence-electron chi connectivity index (χ1n) is 9.25. The second-order valence-corrected chi connectivity index (χ2v) is 6.53. The second-order valence-electron chi connectivity index (χ2n) is 6.53. The van der Waals surface area contributed by atoms with Gasteiger partial charge in [0.25, 0.3) is 0 Å². The Bertz CT molecular complexity index is 763. The summed E-state index contributed by atoms with van der Waals surface area (Å²) in [6, 6.07) is 17.8. The van der Waals surface area contributed by atoms with Gasteiger partial charge in [0.2, 0.25) is 0 Å². The highest BCUT2D eigenvalue weighted by molar-refractivity contribution is 6.12. The van der Waals surface area contributed by atoms with E-state index in [-0.39, 0.29) is 0 Å². The molecule has 2 aromatic carbocycles. The number of hydrogen-bond donors (Lipinski definition) is 0. The Kier molecular flexibility index (Phi) is 6.73. The summed E-state index contributed by atoms with van der Waals surface area (Å²) in [6.07, 6.45) is 6.29. The molecular formula is C23H25NO2. The Labute approximate surface area is 156 Å². The normalized spacial score (nSPS) is 15.0. The highest BCUT2D eigenvalue weighted by atomic mass is 16.6. The van der Waals surface area contributed by atoms with E-state index >= 15 is 0 Å². The Morgan fingerprint density at radius 1 is 1.00 bits per heavy atom. The zero-order valence-electron chi connectivity index (χ0n) is 15.3. The van der Waals surface area contributed by atoms with E-state index in [1.165, 1.54) is 32.1 Å². The van der Waals surface area contributed by atoms with Gasteiger partial charge in [-0.1, -0.05) is 72.8 Å². The van der Waals surface area contributed by atoms with Crippen molar-refractivity contribution in [3.05, 3.63) is 65.7 Å². The lowest BCUT2D eigenvalue weighted by Crippen LogP contribution is -2.05. The lowest BCUT2D eigenvalue weighted by atomic mass is 9.89. The Morgan fingerprint density at radius 2 is 1.73 bits per heavy atom. The zero-order valence-corrected chi connectivity index (χ0v) is 15.3. The molecule has 3 rings (SSSR count). The highest BCUT2D eigenvalue weighted by Gasteiger charge is 2.10. The van der Waals surface area contributed by atoms with Crippen molar-refractivity contribution in [1.29, 1.82) is 0 Å². The molecule has 0 N–H and O–H groups in total. The number of hydrogen-bond acceptors (Lipinski definition) is 3. The van der Waals surface area contributed by atoms with E-state index in [9.17, 15) is 0 Å². The van der Waals surface area contributed by atoms with Gasteiger partial charge in [-0.3, -0.25) is 0 Å². The van der Waals surface area contributed by atoms with E-state index in [0.29, 0.717) is 18.2 Å². The predicted molar refractivity (Wildman–Crippen MR) is 105 cm³/mol. The van der Waals surface area contributed by atoms with Crippen LogP contribution < -0.4 is 4.74 Å². The monoisotopic (exact) mass is 347 g/mol. The van der Waals surface area contributed by atoms with E-state index in [4.69, 9.17) is 9.57 Å². The lowest BCUT2D eigenvalue weighted by molar-refractivity contribution is 0.131. The van der Waals surface area contributed by atoms with Gasteiger partial charge in [-0.15, -0.1) is 0 Å². The lowest BCUT2D eigenvalue weighted by Gasteiger charge is -2.15. The molecular weight excluding hydrogens is 322 g/mol. The molecule has 0 unspecified atom stereocenters. The number of rotatable bonds is 5. The van der Waals surface area contributed by atoms with Crippen LogP contribution in [0.4, 0.5) is 0 Å². The van der Waals surface area contributed by atoms with E-state index in [0.717, 1.165) is 16.9 Å². The van der Waals surface area contributed by atoms with E-state index < -0.39 is 0 Å². The van der Waals surface area contributed by atoms with Crippen molar-refractivity contribution in [3.8, 4) is 17.6 Å². The van der Waals surface area contributed by atoms with E-state index in [2.05, 4.69) is 17.0 Å². The van der Waals surface area contributed by atoms with E-state index in [1.54, 1.807) is 7.11 Å². The molecule has 1 saturated carbocycles. The molecule has 0 aromatic heterocycles. The van der Waals surface area contributed by atoms with Crippen molar-refractivity contribution in [2.75, 3.05) is 7.11 Å². The molecule has 0 spiro atoms. The minimum Gasteiger partial charge on any atom is -0.497 e. The topological polar surface area (TPSA) is 30.8 Å². The van der Waals surface area contributed by atoms with Gasteiger partial charge in [0.1, 0.15) is 12.4 Å². The third-order valence-corrected chi connectivity index (χ3v) is 4.59. The second kappa shape index (κ2) is 9.68. The van der Waals surface area contributed by atoms with Crippen LogP contribution >= 0.6 is 0 Å². The van der Waals surface area contributed by atoms with Crippen LogP contribution in [-0.4, -0.2) is 12.8 Å². The van der Waals surface area contributed by atoms with Crippen molar-refractivity contribution in [1.82, 2.24) is 0 Å².